The Labute approximate surface area is 228 Å². The Morgan fingerprint density at radius 1 is 1.00 bits per heavy atom. The first kappa shape index (κ1) is 25.4. The minimum atomic E-state index is -0.336. The van der Waals surface area contributed by atoms with Crippen molar-refractivity contribution in [1.29, 1.82) is 0 Å². The van der Waals surface area contributed by atoms with Gasteiger partial charge < -0.3 is 25.0 Å². The molecule has 2 aliphatic heterocycles. The summed E-state index contributed by atoms with van der Waals surface area (Å²) in [5.41, 5.74) is 4.20. The van der Waals surface area contributed by atoms with Crippen LogP contribution in [0.3, 0.4) is 0 Å². The number of carbonyl (C=O) groups excluding carboxylic acids is 2. The number of hydrogen-bond acceptors (Lipinski definition) is 6. The van der Waals surface area contributed by atoms with Gasteiger partial charge in [-0.15, -0.1) is 0 Å². The molecule has 3 heterocycles. The number of fused-ring (bicyclic) bond motifs is 3. The lowest BCUT2D eigenvalue weighted by molar-refractivity contribution is -0.134. The minimum Gasteiger partial charge on any atom is -0.474 e. The molecule has 0 saturated carbocycles. The van der Waals surface area contributed by atoms with E-state index in [-0.39, 0.29) is 42.7 Å². The highest BCUT2D eigenvalue weighted by Gasteiger charge is 2.39. The van der Waals surface area contributed by atoms with E-state index in [1.165, 1.54) is 11.1 Å². The second-order valence-electron chi connectivity index (χ2n) is 10.7. The van der Waals surface area contributed by atoms with Crippen LogP contribution in [0.25, 0.3) is 0 Å². The lowest BCUT2D eigenvalue weighted by atomic mass is 9.95. The lowest BCUT2D eigenvalue weighted by Crippen LogP contribution is -2.54. The summed E-state index contributed by atoms with van der Waals surface area (Å²) in [6.07, 6.45) is 2.95. The van der Waals surface area contributed by atoms with Gasteiger partial charge >= 0.3 is 0 Å². The van der Waals surface area contributed by atoms with Crippen LogP contribution in [0.1, 0.15) is 46.3 Å². The molecule has 2 amide bonds. The molecule has 1 saturated heterocycles. The van der Waals surface area contributed by atoms with Crippen LogP contribution in [0.2, 0.25) is 0 Å². The molecular weight excluding hydrogens is 492 g/mol. The van der Waals surface area contributed by atoms with Crippen LogP contribution in [-0.2, 0) is 28.9 Å². The summed E-state index contributed by atoms with van der Waals surface area (Å²) in [6, 6.07) is 22.0. The SMILES string of the molecule is CN1C(=O)c2ccc(NCc3ccccc3)nc2OC[C@@H]2O[C@H](CC(=O)NC3Cc4ccccc4C3)CC[C@@H]21. The van der Waals surface area contributed by atoms with Gasteiger partial charge in [-0.2, -0.15) is 4.98 Å². The molecule has 2 N–H and O–H groups in total. The van der Waals surface area contributed by atoms with Crippen molar-refractivity contribution >= 4 is 17.6 Å². The fourth-order valence-electron chi connectivity index (χ4n) is 5.95. The van der Waals surface area contributed by atoms with Gasteiger partial charge in [0.1, 0.15) is 24.1 Å². The average molecular weight is 527 g/mol. The molecule has 0 radical (unpaired) electrons. The Hall–Kier alpha value is -3.91. The van der Waals surface area contributed by atoms with Crippen molar-refractivity contribution < 1.29 is 19.1 Å². The average Bonchev–Trinajstić information content (AvgIpc) is 3.36. The Kier molecular flexibility index (Phi) is 7.20. The molecule has 6 rings (SSSR count). The maximum atomic E-state index is 13.3. The number of likely N-dealkylation sites (N-methyl/N-ethyl adjacent to an activating group) is 1. The molecule has 39 heavy (non-hydrogen) atoms. The van der Waals surface area contributed by atoms with E-state index in [0.29, 0.717) is 36.6 Å². The van der Waals surface area contributed by atoms with Gasteiger partial charge in [0.05, 0.1) is 18.6 Å². The maximum Gasteiger partial charge on any atom is 0.259 e. The standard InChI is InChI=1S/C31H34N4O4/c1-35-26-13-11-24(17-29(36)33-23-15-21-9-5-6-10-22(21)16-23)39-27(26)19-38-30-25(31(35)37)12-14-28(34-30)32-18-20-7-3-2-4-8-20/h2-10,12,14,23-24,26-27H,11,13,15-19H2,1H3,(H,32,34)(H,33,36)/t24-,26-,27-/m0/s1. The zero-order valence-corrected chi connectivity index (χ0v) is 22.1. The number of amides is 2. The maximum absolute atomic E-state index is 13.3. The molecule has 0 unspecified atom stereocenters. The van der Waals surface area contributed by atoms with Crippen LogP contribution < -0.4 is 15.4 Å². The number of aromatic nitrogens is 1. The summed E-state index contributed by atoms with van der Waals surface area (Å²) < 4.78 is 12.5. The van der Waals surface area contributed by atoms with Gasteiger partial charge in [-0.25, -0.2) is 0 Å². The molecule has 0 bridgehead atoms. The van der Waals surface area contributed by atoms with E-state index in [2.05, 4.69) is 27.8 Å². The zero-order valence-electron chi connectivity index (χ0n) is 22.1. The molecule has 0 spiro atoms. The number of ether oxygens (including phenoxy) is 2. The molecule has 3 atom stereocenters. The summed E-state index contributed by atoms with van der Waals surface area (Å²) in [5.74, 6) is 0.807. The van der Waals surface area contributed by atoms with Gasteiger partial charge in [0, 0.05) is 19.6 Å². The first-order valence-corrected chi connectivity index (χ1v) is 13.7. The molecule has 202 valence electrons. The third kappa shape index (κ3) is 5.61. The van der Waals surface area contributed by atoms with E-state index in [4.69, 9.17) is 9.47 Å². The summed E-state index contributed by atoms with van der Waals surface area (Å²) >= 11 is 0. The first-order valence-electron chi connectivity index (χ1n) is 13.7. The van der Waals surface area contributed by atoms with Gasteiger partial charge in [0.15, 0.2) is 0 Å². The number of benzene rings is 2. The summed E-state index contributed by atoms with van der Waals surface area (Å²) in [6.45, 7) is 0.880. The summed E-state index contributed by atoms with van der Waals surface area (Å²) in [4.78, 5) is 32.6. The summed E-state index contributed by atoms with van der Waals surface area (Å²) in [5, 5.41) is 6.50. The van der Waals surface area contributed by atoms with E-state index in [9.17, 15) is 9.59 Å². The van der Waals surface area contributed by atoms with E-state index < -0.39 is 0 Å². The molecule has 1 aliphatic carbocycles. The Balaban J connectivity index is 1.08. The first-order chi connectivity index (χ1) is 19.0. The fraction of sp³-hybridized carbons (Fsp3) is 0.387. The number of anilines is 1. The molecule has 8 heteroatoms. The predicted octanol–water partition coefficient (Wildman–Crippen LogP) is 3.75. The molecule has 1 aromatic heterocycles. The molecule has 1 fully saturated rings. The molecular formula is C31H34N4O4. The number of carbonyl (C=O) groups is 2. The monoisotopic (exact) mass is 526 g/mol. The van der Waals surface area contributed by atoms with Crippen molar-refractivity contribution in [3.05, 3.63) is 89.0 Å². The van der Waals surface area contributed by atoms with Crippen LogP contribution in [0.15, 0.2) is 66.7 Å². The largest absolute Gasteiger partial charge is 0.474 e. The fourth-order valence-corrected chi connectivity index (χ4v) is 5.95. The van der Waals surface area contributed by atoms with Crippen LogP contribution in [-0.4, -0.2) is 59.6 Å². The number of nitrogens with one attached hydrogen (secondary N) is 2. The van der Waals surface area contributed by atoms with Crippen LogP contribution in [0, 0.1) is 0 Å². The van der Waals surface area contributed by atoms with Gasteiger partial charge in [-0.05, 0) is 54.5 Å². The Bertz CT molecular complexity index is 1320. The van der Waals surface area contributed by atoms with Gasteiger partial charge in [0.25, 0.3) is 5.91 Å². The highest BCUT2D eigenvalue weighted by molar-refractivity contribution is 5.96. The smallest absolute Gasteiger partial charge is 0.259 e. The number of hydrogen-bond donors (Lipinski definition) is 2. The van der Waals surface area contributed by atoms with E-state index in [1.807, 2.05) is 55.6 Å². The quantitative estimate of drug-likeness (QED) is 0.508. The predicted molar refractivity (Wildman–Crippen MR) is 148 cm³/mol. The number of nitrogens with zero attached hydrogens (tertiary/aromatic N) is 2. The van der Waals surface area contributed by atoms with Gasteiger partial charge in [0.2, 0.25) is 11.8 Å². The van der Waals surface area contributed by atoms with Crippen LogP contribution in [0.4, 0.5) is 5.82 Å². The third-order valence-corrected chi connectivity index (χ3v) is 8.02. The molecule has 3 aromatic rings. The molecule has 2 aromatic carbocycles. The van der Waals surface area contributed by atoms with Gasteiger partial charge in [-0.1, -0.05) is 54.6 Å². The third-order valence-electron chi connectivity index (χ3n) is 8.02. The van der Waals surface area contributed by atoms with Crippen molar-refractivity contribution in [3.63, 3.8) is 0 Å². The normalized spacial score (nSPS) is 22.5. The van der Waals surface area contributed by atoms with E-state index in [1.54, 1.807) is 11.0 Å². The molecule has 3 aliphatic rings. The van der Waals surface area contributed by atoms with Crippen LogP contribution in [0.5, 0.6) is 5.88 Å². The second-order valence-corrected chi connectivity index (χ2v) is 10.7. The van der Waals surface area contributed by atoms with E-state index >= 15 is 0 Å². The van der Waals surface area contributed by atoms with Crippen molar-refractivity contribution in [2.75, 3.05) is 19.0 Å². The van der Waals surface area contributed by atoms with Crippen molar-refractivity contribution in [2.45, 2.75) is 62.9 Å². The lowest BCUT2D eigenvalue weighted by Gasteiger charge is -2.42. The minimum absolute atomic E-state index is 0.00796. The van der Waals surface area contributed by atoms with Crippen molar-refractivity contribution in [1.82, 2.24) is 15.2 Å². The highest BCUT2D eigenvalue weighted by atomic mass is 16.5. The Morgan fingerprint density at radius 3 is 2.51 bits per heavy atom. The molecule has 8 nitrogen and oxygen atoms in total. The van der Waals surface area contributed by atoms with Crippen molar-refractivity contribution in [3.8, 4) is 5.88 Å². The Morgan fingerprint density at radius 2 is 1.74 bits per heavy atom. The van der Waals surface area contributed by atoms with Crippen molar-refractivity contribution in [2.24, 2.45) is 0 Å². The number of rotatable bonds is 6. The van der Waals surface area contributed by atoms with Gasteiger partial charge in [-0.3, -0.25) is 9.59 Å². The number of pyridine rings is 1. The topological polar surface area (TPSA) is 92.8 Å². The summed E-state index contributed by atoms with van der Waals surface area (Å²) in [7, 11) is 1.81. The zero-order chi connectivity index (χ0) is 26.8. The van der Waals surface area contributed by atoms with E-state index in [0.717, 1.165) is 24.8 Å². The second kappa shape index (κ2) is 11.1. The highest BCUT2D eigenvalue weighted by Crippen LogP contribution is 2.31. The van der Waals surface area contributed by atoms with Crippen LogP contribution >= 0.6 is 0 Å².